The highest BCUT2D eigenvalue weighted by atomic mass is 16.5. The maximum absolute atomic E-state index is 13.2. The van der Waals surface area contributed by atoms with E-state index in [1.165, 1.54) is 17.7 Å². The van der Waals surface area contributed by atoms with Crippen LogP contribution in [0.5, 0.6) is 17.2 Å². The van der Waals surface area contributed by atoms with E-state index < -0.39 is 0 Å². The molecule has 2 N–H and O–H groups in total. The number of quaternary nitrogens is 1. The minimum Gasteiger partial charge on any atom is -0.507 e. The van der Waals surface area contributed by atoms with Crippen LogP contribution in [0.2, 0.25) is 0 Å². The molecule has 3 aromatic rings. The molecule has 4 rings (SSSR count). The zero-order chi connectivity index (χ0) is 21.4. The monoisotopic (exact) mass is 408 g/mol. The van der Waals surface area contributed by atoms with Crippen molar-refractivity contribution in [3.63, 3.8) is 0 Å². The third-order valence-electron chi connectivity index (χ3n) is 6.08. The molecule has 1 aliphatic rings. The van der Waals surface area contributed by atoms with Crippen LogP contribution in [-0.2, 0) is 6.54 Å². The lowest BCUT2D eigenvalue weighted by molar-refractivity contribution is -0.919. The Morgan fingerprint density at radius 3 is 2.43 bits per heavy atom. The Balaban J connectivity index is 1.74. The van der Waals surface area contributed by atoms with Gasteiger partial charge in [0, 0.05) is 0 Å². The van der Waals surface area contributed by atoms with Gasteiger partial charge in [-0.25, -0.2) is 0 Å². The number of nitrogens with one attached hydrogen (secondary N) is 1. The van der Waals surface area contributed by atoms with Gasteiger partial charge in [-0.15, -0.1) is 0 Å². The average molecular weight is 409 g/mol. The first-order valence-corrected chi connectivity index (χ1v) is 10.7. The summed E-state index contributed by atoms with van der Waals surface area (Å²) >= 11 is 0. The van der Waals surface area contributed by atoms with Crippen LogP contribution in [0, 0.1) is 26.7 Å². The molecule has 30 heavy (non-hydrogen) atoms. The van der Waals surface area contributed by atoms with Crippen LogP contribution in [-0.4, -0.2) is 18.2 Å². The summed E-state index contributed by atoms with van der Waals surface area (Å²) in [5, 5.41) is 11.0. The Bertz CT molecular complexity index is 1120. The second-order valence-electron chi connectivity index (χ2n) is 8.79. The molecule has 1 aromatic heterocycles. The van der Waals surface area contributed by atoms with Crippen molar-refractivity contribution in [2.75, 3.05) is 13.1 Å². The van der Waals surface area contributed by atoms with E-state index in [9.17, 15) is 9.90 Å². The first-order valence-electron chi connectivity index (χ1n) is 10.7. The quantitative estimate of drug-likeness (QED) is 0.684. The van der Waals surface area contributed by atoms with Crippen molar-refractivity contribution in [2.24, 2.45) is 5.92 Å². The number of phenolic OH excluding ortho intramolecular Hbond substituents is 1. The predicted molar refractivity (Wildman–Crippen MR) is 118 cm³/mol. The minimum atomic E-state index is -0.212. The van der Waals surface area contributed by atoms with E-state index in [0.29, 0.717) is 34.6 Å². The fraction of sp³-hybridized carbons (Fsp3) is 0.400. The number of hydrogen-bond acceptors (Lipinski definition) is 4. The summed E-state index contributed by atoms with van der Waals surface area (Å²) < 4.78 is 12.1. The van der Waals surface area contributed by atoms with E-state index in [1.54, 1.807) is 19.1 Å². The standard InChI is InChI=1S/C25H29NO4/c1-15-7-9-26(10-8-15)14-21-22(27)6-5-20-23(28)24(18(4)29-25(20)21)30-19-12-16(2)11-17(3)13-19/h5-6,11-13,15,27H,7-10,14H2,1-4H3/p+1. The van der Waals surface area contributed by atoms with Gasteiger partial charge >= 0.3 is 0 Å². The fourth-order valence-corrected chi connectivity index (χ4v) is 4.39. The molecule has 158 valence electrons. The molecule has 0 radical (unpaired) electrons. The summed E-state index contributed by atoms with van der Waals surface area (Å²) in [6.07, 6.45) is 2.36. The van der Waals surface area contributed by atoms with Gasteiger partial charge in [-0.2, -0.15) is 0 Å². The molecule has 2 heterocycles. The SMILES string of the molecule is Cc1cc(C)cc(Oc2c(C)oc3c(C[NH+]4CCC(C)CC4)c(O)ccc3c2=O)c1. The highest BCUT2D eigenvalue weighted by molar-refractivity contribution is 5.83. The largest absolute Gasteiger partial charge is 0.507 e. The van der Waals surface area contributed by atoms with Crippen LogP contribution in [0.1, 0.15) is 42.2 Å². The summed E-state index contributed by atoms with van der Waals surface area (Å²) in [4.78, 5) is 14.7. The molecule has 1 fully saturated rings. The lowest BCUT2D eigenvalue weighted by Gasteiger charge is -2.27. The van der Waals surface area contributed by atoms with Crippen LogP contribution < -0.4 is 15.1 Å². The highest BCUT2D eigenvalue weighted by Crippen LogP contribution is 2.31. The number of fused-ring (bicyclic) bond motifs is 1. The normalized spacial score (nSPS) is 19.2. The molecule has 0 bridgehead atoms. The molecule has 0 amide bonds. The van der Waals surface area contributed by atoms with Gasteiger partial charge in [-0.1, -0.05) is 13.0 Å². The van der Waals surface area contributed by atoms with Gasteiger partial charge in [0.1, 0.15) is 23.8 Å². The number of ether oxygens (including phenoxy) is 1. The van der Waals surface area contributed by atoms with Crippen molar-refractivity contribution in [1.82, 2.24) is 0 Å². The Kier molecular flexibility index (Phi) is 5.56. The number of likely N-dealkylation sites (tertiary alicyclic amines) is 1. The van der Waals surface area contributed by atoms with Gasteiger partial charge < -0.3 is 19.2 Å². The van der Waals surface area contributed by atoms with E-state index in [1.807, 2.05) is 26.0 Å². The van der Waals surface area contributed by atoms with E-state index in [0.717, 1.165) is 30.1 Å². The van der Waals surface area contributed by atoms with Crippen molar-refractivity contribution in [3.05, 3.63) is 63.0 Å². The summed E-state index contributed by atoms with van der Waals surface area (Å²) in [6.45, 7) is 10.8. The Labute approximate surface area is 176 Å². The first-order chi connectivity index (χ1) is 14.3. The van der Waals surface area contributed by atoms with Crippen LogP contribution in [0.25, 0.3) is 11.0 Å². The zero-order valence-electron chi connectivity index (χ0n) is 18.2. The van der Waals surface area contributed by atoms with Gasteiger partial charge in [0.15, 0.2) is 5.58 Å². The number of rotatable bonds is 4. The van der Waals surface area contributed by atoms with Gasteiger partial charge in [0.05, 0.1) is 24.0 Å². The number of benzene rings is 2. The molecule has 0 spiro atoms. The molecular formula is C25H30NO4+. The van der Waals surface area contributed by atoms with Crippen molar-refractivity contribution >= 4 is 11.0 Å². The van der Waals surface area contributed by atoms with Gasteiger partial charge in [-0.3, -0.25) is 4.79 Å². The molecule has 0 saturated carbocycles. The van der Waals surface area contributed by atoms with Crippen LogP contribution in [0.4, 0.5) is 0 Å². The molecule has 0 aliphatic carbocycles. The molecule has 5 heteroatoms. The van der Waals surface area contributed by atoms with E-state index in [2.05, 4.69) is 13.0 Å². The number of phenols is 1. The average Bonchev–Trinajstić information content (AvgIpc) is 2.68. The molecular weight excluding hydrogens is 378 g/mol. The summed E-state index contributed by atoms with van der Waals surface area (Å²) in [6, 6.07) is 9.08. The van der Waals surface area contributed by atoms with Gasteiger partial charge in [0.2, 0.25) is 11.2 Å². The number of aryl methyl sites for hydroxylation is 3. The van der Waals surface area contributed by atoms with Crippen molar-refractivity contribution in [1.29, 1.82) is 0 Å². The Morgan fingerprint density at radius 2 is 1.77 bits per heavy atom. The highest BCUT2D eigenvalue weighted by Gasteiger charge is 2.24. The number of piperidine rings is 1. The van der Waals surface area contributed by atoms with Crippen molar-refractivity contribution in [3.8, 4) is 17.2 Å². The topological polar surface area (TPSA) is 64.1 Å². The van der Waals surface area contributed by atoms with Crippen LogP contribution >= 0.6 is 0 Å². The summed E-state index contributed by atoms with van der Waals surface area (Å²) in [5.74, 6) is 2.16. The van der Waals surface area contributed by atoms with E-state index in [4.69, 9.17) is 9.15 Å². The lowest BCUT2D eigenvalue weighted by Crippen LogP contribution is -3.11. The number of hydrogen-bond donors (Lipinski definition) is 2. The van der Waals surface area contributed by atoms with Gasteiger partial charge in [0.25, 0.3) is 0 Å². The van der Waals surface area contributed by atoms with E-state index >= 15 is 0 Å². The molecule has 1 aliphatic heterocycles. The van der Waals surface area contributed by atoms with Crippen molar-refractivity contribution in [2.45, 2.75) is 47.1 Å². The molecule has 2 aromatic carbocycles. The maximum atomic E-state index is 13.2. The smallest absolute Gasteiger partial charge is 0.235 e. The van der Waals surface area contributed by atoms with E-state index in [-0.39, 0.29) is 16.9 Å². The third kappa shape index (κ3) is 4.08. The predicted octanol–water partition coefficient (Wildman–Crippen LogP) is 4.03. The number of aromatic hydroxyl groups is 1. The minimum absolute atomic E-state index is 0.180. The molecule has 5 nitrogen and oxygen atoms in total. The Morgan fingerprint density at radius 1 is 1.10 bits per heavy atom. The van der Waals surface area contributed by atoms with Crippen LogP contribution in [0.3, 0.4) is 0 Å². The summed E-state index contributed by atoms with van der Waals surface area (Å²) in [7, 11) is 0. The summed E-state index contributed by atoms with van der Waals surface area (Å²) in [5.41, 5.74) is 3.10. The molecule has 1 saturated heterocycles. The second-order valence-corrected chi connectivity index (χ2v) is 8.79. The fourth-order valence-electron chi connectivity index (χ4n) is 4.39. The molecule has 0 unspecified atom stereocenters. The third-order valence-corrected chi connectivity index (χ3v) is 6.08. The first kappa shape index (κ1) is 20.5. The van der Waals surface area contributed by atoms with Crippen molar-refractivity contribution < 1.29 is 19.2 Å². The lowest BCUT2D eigenvalue weighted by atomic mass is 9.98. The molecule has 0 atom stereocenters. The zero-order valence-corrected chi connectivity index (χ0v) is 18.2. The maximum Gasteiger partial charge on any atom is 0.235 e. The second kappa shape index (κ2) is 8.15. The van der Waals surface area contributed by atoms with Crippen LogP contribution in [0.15, 0.2) is 39.5 Å². The Hall–Kier alpha value is -2.79. The van der Waals surface area contributed by atoms with Gasteiger partial charge in [-0.05, 0) is 74.9 Å².